The van der Waals surface area contributed by atoms with Gasteiger partial charge >= 0.3 is 0 Å². The number of fused-ring (bicyclic) bond motifs is 2. The molecule has 62 heavy (non-hydrogen) atoms. The van der Waals surface area contributed by atoms with Crippen LogP contribution in [-0.2, 0) is 9.59 Å². The Balaban J connectivity index is 0.710. The number of carbonyl (C=O) groups is 4. The van der Waals surface area contributed by atoms with Gasteiger partial charge in [0.1, 0.15) is 35.4 Å². The fraction of sp³-hybridized carbons (Fsp3) is 0.426. The Morgan fingerprint density at radius 3 is 2.19 bits per heavy atom. The molecule has 0 aliphatic carbocycles. The van der Waals surface area contributed by atoms with Gasteiger partial charge in [0.25, 0.3) is 11.8 Å². The number of piperidine rings is 4. The highest BCUT2D eigenvalue weighted by molar-refractivity contribution is 6.23. The quantitative estimate of drug-likeness (QED) is 0.169. The van der Waals surface area contributed by atoms with Crippen LogP contribution < -0.4 is 20.7 Å². The maximum Gasteiger partial charge on any atom is 0.262 e. The standard InChI is InChI=1S/C47H52N10O5/c48-43-41-42(32-8-11-36(12-9-32)62-35-6-2-1-3-7-35)52-57(44(41)50-29-49-43)34-5-4-20-54(28-34)27-30-16-21-53(22-17-30)26-31-18-23-55(24-19-31)33-10-13-37-38(25-33)47(61)56(46(37)60)39-14-15-40(58)51-45(39)59/h1-3,6-13,25,29-31,34,39H,4-5,14-24,26-28H2,(H2,48,49,50)(H,51,58,59)/t34-,39?/m1/s1. The predicted molar refractivity (Wildman–Crippen MR) is 234 cm³/mol. The third kappa shape index (κ3) is 7.90. The van der Waals surface area contributed by atoms with E-state index in [4.69, 9.17) is 20.6 Å². The lowest BCUT2D eigenvalue weighted by molar-refractivity contribution is -0.136. The Hall–Kier alpha value is -6.19. The van der Waals surface area contributed by atoms with Crippen LogP contribution in [0.4, 0.5) is 11.5 Å². The van der Waals surface area contributed by atoms with Gasteiger partial charge in [0, 0.05) is 50.4 Å². The Morgan fingerprint density at radius 1 is 0.726 bits per heavy atom. The molecule has 10 rings (SSSR count). The number of ether oxygens (including phenoxy) is 1. The number of rotatable bonds is 10. The molecule has 4 saturated heterocycles. The molecule has 5 aromatic rings. The maximum atomic E-state index is 13.4. The Morgan fingerprint density at radius 2 is 1.44 bits per heavy atom. The number of nitrogen functional groups attached to an aromatic ring is 1. The average molecular weight is 837 g/mol. The second kappa shape index (κ2) is 16.9. The van der Waals surface area contributed by atoms with Gasteiger partial charge < -0.3 is 25.2 Å². The second-order valence-electron chi connectivity index (χ2n) is 17.6. The van der Waals surface area contributed by atoms with Gasteiger partial charge in [-0.3, -0.25) is 29.4 Å². The highest BCUT2D eigenvalue weighted by Crippen LogP contribution is 2.36. The Labute approximate surface area is 360 Å². The molecule has 3 N–H and O–H groups in total. The summed E-state index contributed by atoms with van der Waals surface area (Å²) in [5, 5.41) is 8.23. The molecular weight excluding hydrogens is 785 g/mol. The van der Waals surface area contributed by atoms with Crippen molar-refractivity contribution in [3.05, 3.63) is 90.3 Å². The molecule has 1 unspecified atom stereocenters. The number of carbonyl (C=O) groups excluding carboxylic acids is 4. The number of nitrogens with two attached hydrogens (primary N) is 1. The average Bonchev–Trinajstić information content (AvgIpc) is 3.80. The molecule has 0 saturated carbocycles. The first-order valence-electron chi connectivity index (χ1n) is 22.1. The molecule has 15 nitrogen and oxygen atoms in total. The summed E-state index contributed by atoms with van der Waals surface area (Å²) in [6.45, 7) is 8.22. The third-order valence-electron chi connectivity index (χ3n) is 13.6. The molecule has 5 aliphatic rings. The number of imide groups is 2. The molecular formula is C47H52N10O5. The van der Waals surface area contributed by atoms with Crippen LogP contribution in [0.5, 0.6) is 11.5 Å². The van der Waals surface area contributed by atoms with Crippen molar-refractivity contribution in [2.75, 3.05) is 63.0 Å². The van der Waals surface area contributed by atoms with E-state index in [0.29, 0.717) is 28.8 Å². The zero-order chi connectivity index (χ0) is 42.3. The van der Waals surface area contributed by atoms with E-state index in [-0.39, 0.29) is 24.8 Å². The monoisotopic (exact) mass is 836 g/mol. The number of para-hydroxylation sites is 1. The molecule has 2 aromatic heterocycles. The van der Waals surface area contributed by atoms with Crippen LogP contribution in [-0.4, -0.2) is 116 Å². The van der Waals surface area contributed by atoms with E-state index in [9.17, 15) is 19.2 Å². The van der Waals surface area contributed by atoms with Gasteiger partial charge in [0.2, 0.25) is 11.8 Å². The number of nitrogens with zero attached hydrogens (tertiary/aromatic N) is 8. The smallest absolute Gasteiger partial charge is 0.262 e. The molecule has 7 heterocycles. The van der Waals surface area contributed by atoms with E-state index in [2.05, 4.69) is 29.7 Å². The predicted octanol–water partition coefficient (Wildman–Crippen LogP) is 5.53. The van der Waals surface area contributed by atoms with Crippen molar-refractivity contribution in [1.29, 1.82) is 0 Å². The highest BCUT2D eigenvalue weighted by Gasteiger charge is 2.45. The van der Waals surface area contributed by atoms with Crippen molar-refractivity contribution in [3.63, 3.8) is 0 Å². The number of benzene rings is 3. The summed E-state index contributed by atoms with van der Waals surface area (Å²) in [6, 6.07) is 22.4. The van der Waals surface area contributed by atoms with Crippen molar-refractivity contribution in [2.24, 2.45) is 11.8 Å². The van der Waals surface area contributed by atoms with E-state index in [1.54, 1.807) is 12.1 Å². The maximum absolute atomic E-state index is 13.4. The number of hydrogen-bond acceptors (Lipinski definition) is 12. The molecule has 320 valence electrons. The highest BCUT2D eigenvalue weighted by atomic mass is 16.5. The number of likely N-dealkylation sites (tertiary alicyclic amines) is 2. The van der Waals surface area contributed by atoms with Gasteiger partial charge in [-0.1, -0.05) is 18.2 Å². The number of aromatic nitrogens is 4. The number of nitrogens with one attached hydrogen (secondary N) is 1. The lowest BCUT2D eigenvalue weighted by atomic mass is 9.91. The summed E-state index contributed by atoms with van der Waals surface area (Å²) < 4.78 is 8.13. The van der Waals surface area contributed by atoms with Crippen LogP contribution in [0.25, 0.3) is 22.3 Å². The molecule has 4 amide bonds. The minimum absolute atomic E-state index is 0.103. The Bertz CT molecular complexity index is 2490. The van der Waals surface area contributed by atoms with Crippen LogP contribution >= 0.6 is 0 Å². The first-order valence-corrected chi connectivity index (χ1v) is 22.1. The van der Waals surface area contributed by atoms with E-state index < -0.39 is 23.8 Å². The molecule has 2 atom stereocenters. The van der Waals surface area contributed by atoms with Gasteiger partial charge in [-0.15, -0.1) is 0 Å². The number of amides is 4. The summed E-state index contributed by atoms with van der Waals surface area (Å²) in [7, 11) is 0. The van der Waals surface area contributed by atoms with Crippen molar-refractivity contribution in [1.82, 2.24) is 39.8 Å². The van der Waals surface area contributed by atoms with Crippen LogP contribution in [0.15, 0.2) is 79.1 Å². The van der Waals surface area contributed by atoms with Crippen LogP contribution in [0, 0.1) is 11.8 Å². The van der Waals surface area contributed by atoms with Crippen molar-refractivity contribution in [2.45, 2.75) is 63.5 Å². The SMILES string of the molecule is Nc1ncnc2c1c(-c1ccc(Oc3ccccc3)cc1)nn2[C@@H]1CCCN(CC2CCN(CC3CCN(c4ccc5c(c4)C(=O)N(C4CCC(=O)NC4=O)C5=O)CC3)CC2)C1. The minimum atomic E-state index is -0.959. The second-order valence-corrected chi connectivity index (χ2v) is 17.6. The van der Waals surface area contributed by atoms with Crippen molar-refractivity contribution < 1.29 is 23.9 Å². The minimum Gasteiger partial charge on any atom is -0.457 e. The molecule has 0 radical (unpaired) electrons. The van der Waals surface area contributed by atoms with Crippen LogP contribution in [0.2, 0.25) is 0 Å². The van der Waals surface area contributed by atoms with Gasteiger partial charge in [-0.25, -0.2) is 14.6 Å². The van der Waals surface area contributed by atoms with Gasteiger partial charge in [-0.05, 0) is 131 Å². The topological polar surface area (TPSA) is 172 Å². The molecule has 3 aromatic carbocycles. The fourth-order valence-electron chi connectivity index (χ4n) is 10.3. The van der Waals surface area contributed by atoms with Gasteiger partial charge in [0.15, 0.2) is 5.65 Å². The summed E-state index contributed by atoms with van der Waals surface area (Å²) in [6.07, 6.45) is 8.45. The largest absolute Gasteiger partial charge is 0.457 e. The number of anilines is 2. The molecule has 15 heteroatoms. The van der Waals surface area contributed by atoms with E-state index in [1.165, 1.54) is 19.2 Å². The van der Waals surface area contributed by atoms with E-state index in [1.807, 2.05) is 60.7 Å². The zero-order valence-electron chi connectivity index (χ0n) is 34.8. The van der Waals surface area contributed by atoms with E-state index in [0.717, 1.165) is 122 Å². The zero-order valence-corrected chi connectivity index (χ0v) is 34.8. The third-order valence-corrected chi connectivity index (χ3v) is 13.6. The summed E-state index contributed by atoms with van der Waals surface area (Å²) in [5.74, 6) is 1.33. The molecule has 0 bridgehead atoms. The molecule has 4 fully saturated rings. The van der Waals surface area contributed by atoms with Crippen LogP contribution in [0.1, 0.15) is 78.1 Å². The first-order chi connectivity index (χ1) is 30.3. The summed E-state index contributed by atoms with van der Waals surface area (Å²) in [5.41, 5.74) is 10.6. The van der Waals surface area contributed by atoms with Crippen LogP contribution in [0.3, 0.4) is 0 Å². The summed E-state index contributed by atoms with van der Waals surface area (Å²) in [4.78, 5) is 68.4. The van der Waals surface area contributed by atoms with Gasteiger partial charge in [-0.2, -0.15) is 5.10 Å². The lowest BCUT2D eigenvalue weighted by Gasteiger charge is -2.40. The fourth-order valence-corrected chi connectivity index (χ4v) is 10.3. The van der Waals surface area contributed by atoms with E-state index >= 15 is 0 Å². The van der Waals surface area contributed by atoms with Crippen molar-refractivity contribution >= 4 is 46.2 Å². The van der Waals surface area contributed by atoms with Crippen molar-refractivity contribution in [3.8, 4) is 22.8 Å². The normalized spacial score (nSPS) is 22.1. The molecule has 0 spiro atoms. The Kier molecular flexibility index (Phi) is 10.9. The lowest BCUT2D eigenvalue weighted by Crippen LogP contribution is -2.54. The van der Waals surface area contributed by atoms with Gasteiger partial charge in [0.05, 0.1) is 22.6 Å². The molecule has 5 aliphatic heterocycles. The summed E-state index contributed by atoms with van der Waals surface area (Å²) >= 11 is 0. The number of hydrogen-bond donors (Lipinski definition) is 2. The first kappa shape index (κ1) is 39.9.